The van der Waals surface area contributed by atoms with Gasteiger partial charge in [0.25, 0.3) is 0 Å². The first-order valence-electron chi connectivity index (χ1n) is 19.2. The second-order valence-corrected chi connectivity index (χ2v) is 14.1. The summed E-state index contributed by atoms with van der Waals surface area (Å²) in [6.07, 6.45) is 8.09. The van der Waals surface area contributed by atoms with Gasteiger partial charge in [-0.25, -0.2) is 9.97 Å². The maximum Gasteiger partial charge on any atom is 2.00 e. The standard InChI is InChI=1S/C52H31N7.Pt/c53-32-34-29-35(33-54)31-38(30-34)51-45-23-21-41(55-45)49(36-13-5-1-6-14-36)43-25-27-47(57-43)52(59(39-17-9-3-10-18-39)40-19-11-4-12-20-40)48-28-26-44(58-48)50(37-15-7-2-8-16-37)42-22-24-46(51)56-42;/h1-31H;/q-2;+2. The van der Waals surface area contributed by atoms with E-state index in [1.54, 1.807) is 18.2 Å². The van der Waals surface area contributed by atoms with Crippen LogP contribution in [-0.4, -0.2) is 9.97 Å². The second kappa shape index (κ2) is 16.2. The fourth-order valence-corrected chi connectivity index (χ4v) is 7.86. The third-order valence-electron chi connectivity index (χ3n) is 10.4. The van der Waals surface area contributed by atoms with Gasteiger partial charge in [0, 0.05) is 11.4 Å². The van der Waals surface area contributed by atoms with Gasteiger partial charge >= 0.3 is 21.1 Å². The molecular formula is C52H31N7Pt. The summed E-state index contributed by atoms with van der Waals surface area (Å²) in [6.45, 7) is 0. The summed E-state index contributed by atoms with van der Waals surface area (Å²) < 4.78 is 0. The summed E-state index contributed by atoms with van der Waals surface area (Å²) in [5, 5.41) is 20.0. The molecule has 0 atom stereocenters. The Morgan fingerprint density at radius 1 is 0.400 bits per heavy atom. The number of hydrogen-bond acceptors (Lipinski definition) is 5. The molecule has 0 N–H and O–H groups in total. The smallest absolute Gasteiger partial charge is 0.657 e. The van der Waals surface area contributed by atoms with E-state index in [9.17, 15) is 10.5 Å². The normalized spacial score (nSPS) is 11.4. The number of aromatic nitrogens is 4. The molecule has 0 unspecified atom stereocenters. The maximum absolute atomic E-state index is 10.0. The third-order valence-corrected chi connectivity index (χ3v) is 10.4. The Kier molecular flexibility index (Phi) is 10.2. The summed E-state index contributed by atoms with van der Waals surface area (Å²) in [6, 6.07) is 58.6. The quantitative estimate of drug-likeness (QED) is 0.163. The number of para-hydroxylation sites is 2. The molecule has 0 spiro atoms. The van der Waals surface area contributed by atoms with Crippen LogP contribution < -0.4 is 14.9 Å². The van der Waals surface area contributed by atoms with Crippen LogP contribution >= 0.6 is 0 Å². The van der Waals surface area contributed by atoms with Crippen molar-refractivity contribution in [2.75, 3.05) is 4.90 Å². The van der Waals surface area contributed by atoms with Crippen LogP contribution in [0.1, 0.15) is 33.9 Å². The Hall–Kier alpha value is -7.83. The van der Waals surface area contributed by atoms with Gasteiger partial charge in [-0.1, -0.05) is 121 Å². The van der Waals surface area contributed by atoms with Crippen LogP contribution in [0.3, 0.4) is 0 Å². The zero-order chi connectivity index (χ0) is 39.7. The van der Waals surface area contributed by atoms with Crippen molar-refractivity contribution in [1.29, 1.82) is 10.5 Å². The minimum atomic E-state index is 0. The van der Waals surface area contributed by atoms with Crippen LogP contribution in [0.25, 0.3) is 79.8 Å². The SMILES string of the molecule is N#Cc1cc(C#N)cc(-c2c3nc(c(-c4ccccc4)c4ccc([n-]4)c(N(c4ccccc4)c4ccccc4)c4nc(c(-c5ccccc5)c5ccc2[n-]5)C=C4)C=C3)c1.[Pt+2]. The van der Waals surface area contributed by atoms with Gasteiger partial charge in [0.15, 0.2) is 0 Å². The summed E-state index contributed by atoms with van der Waals surface area (Å²) in [4.78, 5) is 23.7. The molecule has 60 heavy (non-hydrogen) atoms. The molecule has 0 radical (unpaired) electrons. The molecule has 8 heteroatoms. The number of rotatable bonds is 6. The van der Waals surface area contributed by atoms with E-state index in [0.717, 1.165) is 72.9 Å². The molecule has 5 heterocycles. The first kappa shape index (κ1) is 37.7. The molecule has 0 amide bonds. The van der Waals surface area contributed by atoms with Crippen molar-refractivity contribution in [3.8, 4) is 45.5 Å². The molecule has 8 aromatic rings. The van der Waals surface area contributed by atoms with E-state index in [-0.39, 0.29) is 21.1 Å². The number of nitrogens with zero attached hydrogens (tertiary/aromatic N) is 7. The van der Waals surface area contributed by atoms with Gasteiger partial charge < -0.3 is 14.9 Å². The van der Waals surface area contributed by atoms with Crippen molar-refractivity contribution in [2.45, 2.75) is 0 Å². The Morgan fingerprint density at radius 3 is 1.22 bits per heavy atom. The zero-order valence-electron chi connectivity index (χ0n) is 31.8. The van der Waals surface area contributed by atoms with Gasteiger partial charge in [-0.05, 0) is 100 Å². The number of nitriles is 2. The fourth-order valence-electron chi connectivity index (χ4n) is 7.86. The minimum absolute atomic E-state index is 0. The molecule has 0 aliphatic carbocycles. The molecule has 0 saturated heterocycles. The zero-order valence-corrected chi connectivity index (χ0v) is 34.1. The van der Waals surface area contributed by atoms with Gasteiger partial charge in [-0.3, -0.25) is 0 Å². The van der Waals surface area contributed by atoms with Crippen LogP contribution in [0.5, 0.6) is 0 Å². The fraction of sp³-hybridized carbons (Fsp3) is 0. The summed E-state index contributed by atoms with van der Waals surface area (Å²) >= 11 is 0. The van der Waals surface area contributed by atoms with Gasteiger partial charge in [0.2, 0.25) is 0 Å². The number of anilines is 3. The van der Waals surface area contributed by atoms with E-state index in [2.05, 4.69) is 89.9 Å². The average molecular weight is 949 g/mol. The summed E-state index contributed by atoms with van der Waals surface area (Å²) in [7, 11) is 0. The Balaban J connectivity index is 0.00000462. The molecular weight excluding hydrogens is 918 g/mol. The van der Waals surface area contributed by atoms with E-state index < -0.39 is 0 Å². The van der Waals surface area contributed by atoms with E-state index in [1.165, 1.54) is 0 Å². The Labute approximate surface area is 361 Å². The number of benzene rings is 5. The largest absolute Gasteiger partial charge is 2.00 e. The van der Waals surface area contributed by atoms with Crippen LogP contribution in [0, 0.1) is 22.7 Å². The van der Waals surface area contributed by atoms with E-state index >= 15 is 0 Å². The van der Waals surface area contributed by atoms with Gasteiger partial charge in [0.05, 0.1) is 51.7 Å². The van der Waals surface area contributed by atoms with Crippen LogP contribution in [0.4, 0.5) is 17.1 Å². The van der Waals surface area contributed by atoms with Crippen LogP contribution in [-0.2, 0) is 21.1 Å². The summed E-state index contributed by atoms with van der Waals surface area (Å²) in [5.41, 5.74) is 14.2. The Bertz CT molecular complexity index is 3120. The first-order chi connectivity index (χ1) is 29.1. The van der Waals surface area contributed by atoms with Crippen LogP contribution in [0.15, 0.2) is 164 Å². The molecule has 8 bridgehead atoms. The van der Waals surface area contributed by atoms with Crippen molar-refractivity contribution in [1.82, 2.24) is 19.9 Å². The maximum atomic E-state index is 10.0. The summed E-state index contributed by atoms with van der Waals surface area (Å²) in [5.74, 6) is 0. The average Bonchev–Trinajstić information content (AvgIpc) is 4.15. The molecule has 0 fully saturated rings. The molecule has 10 rings (SSSR count). The van der Waals surface area contributed by atoms with E-state index in [1.807, 2.05) is 97.1 Å². The van der Waals surface area contributed by atoms with Crippen molar-refractivity contribution in [3.63, 3.8) is 0 Å². The molecule has 2 aliphatic heterocycles. The topological polar surface area (TPSA) is 105 Å². The van der Waals surface area contributed by atoms with Crippen LogP contribution in [0.2, 0.25) is 0 Å². The minimum Gasteiger partial charge on any atom is -0.657 e. The second-order valence-electron chi connectivity index (χ2n) is 14.1. The monoisotopic (exact) mass is 948 g/mol. The van der Waals surface area contributed by atoms with Crippen molar-refractivity contribution < 1.29 is 21.1 Å². The molecule has 284 valence electrons. The van der Waals surface area contributed by atoms with Gasteiger partial charge in [-0.2, -0.15) is 10.5 Å². The predicted octanol–water partition coefficient (Wildman–Crippen LogP) is 12.1. The van der Waals surface area contributed by atoms with E-state index in [4.69, 9.17) is 19.9 Å². The number of fused-ring (bicyclic) bond motifs is 8. The predicted molar refractivity (Wildman–Crippen MR) is 237 cm³/mol. The first-order valence-corrected chi connectivity index (χ1v) is 19.2. The molecule has 0 saturated carbocycles. The van der Waals surface area contributed by atoms with Gasteiger partial charge in [-0.15, -0.1) is 22.1 Å². The number of hydrogen-bond donors (Lipinski definition) is 0. The molecule has 3 aromatic heterocycles. The Morgan fingerprint density at radius 2 is 0.767 bits per heavy atom. The van der Waals surface area contributed by atoms with Crippen molar-refractivity contribution in [3.05, 3.63) is 198 Å². The van der Waals surface area contributed by atoms with Crippen molar-refractivity contribution in [2.24, 2.45) is 0 Å². The van der Waals surface area contributed by atoms with Crippen molar-refractivity contribution >= 4 is 63.4 Å². The van der Waals surface area contributed by atoms with E-state index in [0.29, 0.717) is 33.5 Å². The molecule has 5 aromatic carbocycles. The third kappa shape index (κ3) is 6.94. The molecule has 2 aliphatic rings. The van der Waals surface area contributed by atoms with Gasteiger partial charge in [0.1, 0.15) is 0 Å². The molecule has 7 nitrogen and oxygen atoms in total.